The number of hydrogen-bond acceptors (Lipinski definition) is 3. The zero-order valence-electron chi connectivity index (χ0n) is 22.0. The first-order valence-corrected chi connectivity index (χ1v) is 13.9. The minimum Gasteiger partial charge on any atom is -0.352 e. The molecule has 1 heterocycles. The molecule has 3 aromatic carbocycles. The van der Waals surface area contributed by atoms with E-state index in [1.807, 2.05) is 57.2 Å². The zero-order chi connectivity index (χ0) is 27.4. The lowest BCUT2D eigenvalue weighted by Crippen LogP contribution is -2.50. The highest BCUT2D eigenvalue weighted by molar-refractivity contribution is 6.35. The second-order valence-electron chi connectivity index (χ2n) is 9.74. The van der Waals surface area contributed by atoms with E-state index in [1.165, 1.54) is 0 Å². The number of rotatable bonds is 11. The van der Waals surface area contributed by atoms with Crippen molar-refractivity contribution in [2.24, 2.45) is 0 Å². The average molecular weight is 555 g/mol. The van der Waals surface area contributed by atoms with Gasteiger partial charge in [-0.25, -0.2) is 0 Å². The summed E-state index contributed by atoms with van der Waals surface area (Å²) in [6.45, 7) is 6.43. The Kier molecular flexibility index (Phi) is 8.95. The summed E-state index contributed by atoms with van der Waals surface area (Å²) < 4.78 is 0. The van der Waals surface area contributed by atoms with Crippen molar-refractivity contribution in [2.75, 3.05) is 11.4 Å². The van der Waals surface area contributed by atoms with E-state index in [-0.39, 0.29) is 36.7 Å². The molecule has 0 saturated carbocycles. The van der Waals surface area contributed by atoms with Crippen molar-refractivity contribution < 1.29 is 14.4 Å². The van der Waals surface area contributed by atoms with Gasteiger partial charge in [-0.1, -0.05) is 67.4 Å². The molecule has 0 aliphatic carbocycles. The number of carbonyl (C=O) groups excluding carboxylic acids is 3. The summed E-state index contributed by atoms with van der Waals surface area (Å²) in [6, 6.07) is 16.1. The van der Waals surface area contributed by atoms with Gasteiger partial charge < -0.3 is 15.1 Å². The molecule has 4 rings (SSSR count). The highest BCUT2D eigenvalue weighted by Crippen LogP contribution is 2.37. The van der Waals surface area contributed by atoms with Crippen molar-refractivity contribution in [3.8, 4) is 0 Å². The third kappa shape index (κ3) is 5.82. The lowest BCUT2D eigenvalue weighted by atomic mass is 10.1. The fourth-order valence-corrected chi connectivity index (χ4v) is 5.40. The van der Waals surface area contributed by atoms with Crippen LogP contribution in [-0.4, -0.2) is 41.2 Å². The lowest BCUT2D eigenvalue weighted by Gasteiger charge is -2.32. The number of carbonyl (C=O) groups is 3. The summed E-state index contributed by atoms with van der Waals surface area (Å²) in [5, 5.41) is 5.94. The topological polar surface area (TPSA) is 69.7 Å². The van der Waals surface area contributed by atoms with Crippen molar-refractivity contribution in [1.29, 1.82) is 0 Å². The molecule has 0 unspecified atom stereocenters. The van der Waals surface area contributed by atoms with Crippen LogP contribution in [0.3, 0.4) is 0 Å². The van der Waals surface area contributed by atoms with Gasteiger partial charge in [0.15, 0.2) is 0 Å². The first-order valence-electron chi connectivity index (χ1n) is 13.1. The Morgan fingerprint density at radius 1 is 1.03 bits per heavy atom. The van der Waals surface area contributed by atoms with Crippen LogP contribution < -0.4 is 10.2 Å². The molecule has 3 amide bonds. The maximum atomic E-state index is 13.6. The molecule has 0 spiro atoms. The Hall–Kier alpha value is -3.09. The van der Waals surface area contributed by atoms with E-state index in [9.17, 15) is 14.4 Å². The van der Waals surface area contributed by atoms with Crippen molar-refractivity contribution >= 4 is 57.4 Å². The number of halogens is 2. The molecule has 38 heavy (non-hydrogen) atoms. The highest BCUT2D eigenvalue weighted by Gasteiger charge is 2.31. The van der Waals surface area contributed by atoms with Crippen LogP contribution in [0.4, 0.5) is 5.69 Å². The van der Waals surface area contributed by atoms with Gasteiger partial charge in [-0.2, -0.15) is 0 Å². The van der Waals surface area contributed by atoms with E-state index in [2.05, 4.69) is 5.32 Å². The predicted octanol–water partition coefficient (Wildman–Crippen LogP) is 6.61. The number of benzene rings is 3. The number of anilines is 1. The molecule has 6 nitrogen and oxygen atoms in total. The molecule has 8 heteroatoms. The monoisotopic (exact) mass is 553 g/mol. The van der Waals surface area contributed by atoms with Gasteiger partial charge >= 0.3 is 0 Å². The van der Waals surface area contributed by atoms with Crippen LogP contribution in [0.15, 0.2) is 54.6 Å². The fraction of sp³-hybridized carbons (Fsp3) is 0.367. The normalized spacial score (nSPS) is 14.0. The van der Waals surface area contributed by atoms with E-state index < -0.39 is 6.04 Å². The molecular formula is C30H33Cl2N3O3. The first kappa shape index (κ1) is 27.9. The lowest BCUT2D eigenvalue weighted by molar-refractivity contribution is -0.141. The van der Waals surface area contributed by atoms with Crippen LogP contribution in [0.25, 0.3) is 10.8 Å². The Labute approximate surface area is 233 Å². The quantitative estimate of drug-likeness (QED) is 0.290. The molecule has 0 radical (unpaired) electrons. The van der Waals surface area contributed by atoms with Crippen LogP contribution in [0.5, 0.6) is 0 Å². The maximum Gasteiger partial charge on any atom is 0.258 e. The Balaban J connectivity index is 1.51. The molecule has 0 aromatic heterocycles. The SMILES string of the molecule is CC[C@@H](C)NC(=O)[C@@H](CC)N(Cc1ccc(Cl)cc1Cl)C(=O)CCCN1C(=O)c2cccc3cccc1c23. The summed E-state index contributed by atoms with van der Waals surface area (Å²) in [6.07, 6.45) is 1.90. The molecule has 200 valence electrons. The van der Waals surface area contributed by atoms with Gasteiger partial charge in [-0.3, -0.25) is 14.4 Å². The molecule has 1 N–H and O–H groups in total. The Morgan fingerprint density at radius 2 is 1.76 bits per heavy atom. The number of hydrogen-bond donors (Lipinski definition) is 1. The number of amides is 3. The second-order valence-corrected chi connectivity index (χ2v) is 10.6. The minimum atomic E-state index is -0.644. The maximum absolute atomic E-state index is 13.6. The molecule has 1 aliphatic heterocycles. The van der Waals surface area contributed by atoms with Crippen molar-refractivity contribution in [1.82, 2.24) is 10.2 Å². The van der Waals surface area contributed by atoms with Gasteiger partial charge in [0.05, 0.1) is 5.69 Å². The van der Waals surface area contributed by atoms with E-state index >= 15 is 0 Å². The van der Waals surface area contributed by atoms with Crippen molar-refractivity contribution in [2.45, 2.75) is 65.1 Å². The Morgan fingerprint density at radius 3 is 2.45 bits per heavy atom. The molecule has 3 aromatic rings. The van der Waals surface area contributed by atoms with Gasteiger partial charge in [0, 0.05) is 46.5 Å². The molecule has 0 saturated heterocycles. The van der Waals surface area contributed by atoms with Crippen molar-refractivity contribution in [3.63, 3.8) is 0 Å². The van der Waals surface area contributed by atoms with Gasteiger partial charge in [0.2, 0.25) is 11.8 Å². The summed E-state index contributed by atoms with van der Waals surface area (Å²) >= 11 is 12.5. The van der Waals surface area contributed by atoms with Crippen LogP contribution in [0.1, 0.15) is 62.4 Å². The van der Waals surface area contributed by atoms with Crippen LogP contribution in [0.2, 0.25) is 10.0 Å². The van der Waals surface area contributed by atoms with Gasteiger partial charge in [0.25, 0.3) is 5.91 Å². The smallest absolute Gasteiger partial charge is 0.258 e. The standard InChI is InChI=1S/C30H33Cl2N3O3/c1-4-19(3)33-29(37)25(5-2)35(18-21-14-15-22(31)17-24(21)32)27(36)13-8-16-34-26-12-7-10-20-9-6-11-23(28(20)26)30(34)38/h6-7,9-12,14-15,17,19,25H,4-5,8,13,16,18H2,1-3H3,(H,33,37)/t19-,25-/m1/s1. The van der Waals surface area contributed by atoms with Gasteiger partial charge in [-0.15, -0.1) is 0 Å². The van der Waals surface area contributed by atoms with E-state index in [1.54, 1.807) is 28.0 Å². The Bertz CT molecular complexity index is 1350. The second kappa shape index (κ2) is 12.2. The summed E-state index contributed by atoms with van der Waals surface area (Å²) in [4.78, 5) is 43.3. The highest BCUT2D eigenvalue weighted by atomic mass is 35.5. The third-order valence-electron chi connectivity index (χ3n) is 7.16. The van der Waals surface area contributed by atoms with Crippen LogP contribution >= 0.6 is 23.2 Å². The predicted molar refractivity (Wildman–Crippen MR) is 154 cm³/mol. The summed E-state index contributed by atoms with van der Waals surface area (Å²) in [5.41, 5.74) is 2.28. The van der Waals surface area contributed by atoms with E-state index in [0.29, 0.717) is 35.0 Å². The first-order chi connectivity index (χ1) is 18.2. The van der Waals surface area contributed by atoms with Gasteiger partial charge in [-0.05, 0) is 61.4 Å². The third-order valence-corrected chi connectivity index (χ3v) is 7.75. The number of nitrogens with zero attached hydrogens (tertiary/aromatic N) is 2. The average Bonchev–Trinajstić information content (AvgIpc) is 3.17. The summed E-state index contributed by atoms with van der Waals surface area (Å²) in [7, 11) is 0. The summed E-state index contributed by atoms with van der Waals surface area (Å²) in [5.74, 6) is -0.393. The van der Waals surface area contributed by atoms with Crippen molar-refractivity contribution in [3.05, 3.63) is 75.8 Å². The number of nitrogens with one attached hydrogen (secondary N) is 1. The minimum absolute atomic E-state index is 0.00172. The van der Waals surface area contributed by atoms with Crippen LogP contribution in [0, 0.1) is 0 Å². The zero-order valence-corrected chi connectivity index (χ0v) is 23.5. The van der Waals surface area contributed by atoms with Crippen LogP contribution in [-0.2, 0) is 16.1 Å². The molecule has 0 bridgehead atoms. The molecular weight excluding hydrogens is 521 g/mol. The van der Waals surface area contributed by atoms with E-state index in [0.717, 1.165) is 28.4 Å². The van der Waals surface area contributed by atoms with E-state index in [4.69, 9.17) is 23.2 Å². The fourth-order valence-electron chi connectivity index (χ4n) is 4.93. The van der Waals surface area contributed by atoms with Gasteiger partial charge in [0.1, 0.15) is 6.04 Å². The molecule has 1 aliphatic rings. The largest absolute Gasteiger partial charge is 0.352 e. The molecule has 2 atom stereocenters. The molecule has 0 fully saturated rings.